The van der Waals surface area contributed by atoms with Gasteiger partial charge in [-0.3, -0.25) is 14.7 Å². The first-order chi connectivity index (χ1) is 13.1. The molecule has 1 aromatic carbocycles. The summed E-state index contributed by atoms with van der Waals surface area (Å²) in [6.07, 6.45) is 0.789. The van der Waals surface area contributed by atoms with E-state index in [9.17, 15) is 9.59 Å². The number of nitrogens with one attached hydrogen (secondary N) is 2. The number of carbonyl (C=O) groups is 2. The second-order valence-corrected chi connectivity index (χ2v) is 8.43. The van der Waals surface area contributed by atoms with E-state index in [2.05, 4.69) is 36.3 Å². The molecule has 0 saturated carbocycles. The highest BCUT2D eigenvalue weighted by Crippen LogP contribution is 2.21. The minimum absolute atomic E-state index is 0.0227. The highest BCUT2D eigenvalue weighted by molar-refractivity contribution is 5.97. The van der Waals surface area contributed by atoms with Gasteiger partial charge in [0.1, 0.15) is 6.04 Å². The summed E-state index contributed by atoms with van der Waals surface area (Å²) in [6, 6.07) is 10.4. The smallest absolute Gasteiger partial charge is 0.251 e. The molecular formula is C22H32N4O2. The van der Waals surface area contributed by atoms with Crippen LogP contribution < -0.4 is 5.32 Å². The molecule has 0 radical (unpaired) electrons. The highest BCUT2D eigenvalue weighted by atomic mass is 16.2. The van der Waals surface area contributed by atoms with Gasteiger partial charge in [-0.25, -0.2) is 0 Å². The SMILES string of the molecule is CC[C@H](C)[C@@H](NC(=O)c1ccccc1)C(=O)N(C)Cc1cc(C(C)(C)C)n[nH]1. The minimum atomic E-state index is -0.576. The topological polar surface area (TPSA) is 78.1 Å². The van der Waals surface area contributed by atoms with Crippen LogP contribution in [-0.4, -0.2) is 40.0 Å². The van der Waals surface area contributed by atoms with Crippen LogP contribution >= 0.6 is 0 Å². The van der Waals surface area contributed by atoms with Crippen LogP contribution in [0.5, 0.6) is 0 Å². The average molecular weight is 385 g/mol. The third-order valence-corrected chi connectivity index (χ3v) is 4.98. The Labute approximate surface area is 167 Å². The molecule has 0 aliphatic rings. The Morgan fingerprint density at radius 3 is 2.39 bits per heavy atom. The summed E-state index contributed by atoms with van der Waals surface area (Å²) in [4.78, 5) is 27.3. The van der Waals surface area contributed by atoms with Gasteiger partial charge in [0.25, 0.3) is 5.91 Å². The molecule has 0 saturated heterocycles. The fraction of sp³-hybridized carbons (Fsp3) is 0.500. The van der Waals surface area contributed by atoms with Gasteiger partial charge >= 0.3 is 0 Å². The number of aromatic nitrogens is 2. The monoisotopic (exact) mass is 384 g/mol. The molecule has 6 nitrogen and oxygen atoms in total. The first-order valence-corrected chi connectivity index (χ1v) is 9.79. The summed E-state index contributed by atoms with van der Waals surface area (Å²) in [6.45, 7) is 10.7. The fourth-order valence-electron chi connectivity index (χ4n) is 2.89. The Kier molecular flexibility index (Phi) is 7.00. The molecule has 2 rings (SSSR count). The molecule has 0 bridgehead atoms. The van der Waals surface area contributed by atoms with Crippen molar-refractivity contribution in [3.8, 4) is 0 Å². The molecule has 1 heterocycles. The molecule has 2 amide bonds. The molecule has 2 atom stereocenters. The van der Waals surface area contributed by atoms with Crippen LogP contribution in [0.3, 0.4) is 0 Å². The lowest BCUT2D eigenvalue weighted by atomic mass is 9.92. The zero-order chi connectivity index (χ0) is 20.9. The van der Waals surface area contributed by atoms with Crippen molar-refractivity contribution in [2.45, 2.75) is 59.0 Å². The third-order valence-electron chi connectivity index (χ3n) is 4.98. The molecule has 0 aliphatic heterocycles. The quantitative estimate of drug-likeness (QED) is 0.767. The first kappa shape index (κ1) is 21.7. The summed E-state index contributed by atoms with van der Waals surface area (Å²) >= 11 is 0. The number of amides is 2. The summed E-state index contributed by atoms with van der Waals surface area (Å²) in [5, 5.41) is 10.3. The number of rotatable bonds is 7. The summed E-state index contributed by atoms with van der Waals surface area (Å²) < 4.78 is 0. The van der Waals surface area contributed by atoms with E-state index in [1.807, 2.05) is 38.1 Å². The molecule has 2 N–H and O–H groups in total. The molecule has 0 fully saturated rings. The summed E-state index contributed by atoms with van der Waals surface area (Å²) in [7, 11) is 1.75. The second kappa shape index (κ2) is 9.04. The maximum atomic E-state index is 13.1. The third kappa shape index (κ3) is 5.44. The number of likely N-dealkylation sites (N-methyl/N-ethyl adjacent to an activating group) is 1. The van der Waals surface area contributed by atoms with Crippen molar-refractivity contribution in [3.63, 3.8) is 0 Å². The Morgan fingerprint density at radius 2 is 1.86 bits per heavy atom. The molecule has 2 aromatic rings. The Morgan fingerprint density at radius 1 is 1.21 bits per heavy atom. The van der Waals surface area contributed by atoms with Crippen LogP contribution in [0.15, 0.2) is 36.4 Å². The van der Waals surface area contributed by atoms with Crippen molar-refractivity contribution >= 4 is 11.8 Å². The van der Waals surface area contributed by atoms with Crippen molar-refractivity contribution in [2.75, 3.05) is 7.05 Å². The Bertz CT molecular complexity index is 792. The molecule has 1 aromatic heterocycles. The Hall–Kier alpha value is -2.63. The number of aromatic amines is 1. The molecule has 6 heteroatoms. The van der Waals surface area contributed by atoms with Crippen LogP contribution in [0.25, 0.3) is 0 Å². The Balaban J connectivity index is 2.11. The van der Waals surface area contributed by atoms with Gasteiger partial charge in [-0.2, -0.15) is 5.10 Å². The predicted molar refractivity (Wildman–Crippen MR) is 111 cm³/mol. The second-order valence-electron chi connectivity index (χ2n) is 8.43. The lowest BCUT2D eigenvalue weighted by Crippen LogP contribution is -2.50. The van der Waals surface area contributed by atoms with Crippen LogP contribution in [0.4, 0.5) is 0 Å². The standard InChI is InChI=1S/C22H32N4O2/c1-7-15(2)19(23-20(27)16-11-9-8-10-12-16)21(28)26(6)14-17-13-18(25-24-17)22(3,4)5/h8-13,15,19H,7,14H2,1-6H3,(H,23,27)(H,24,25)/t15-,19+/m0/s1. The van der Waals surface area contributed by atoms with Gasteiger partial charge < -0.3 is 10.2 Å². The average Bonchev–Trinajstić information content (AvgIpc) is 3.14. The van der Waals surface area contributed by atoms with Gasteiger partial charge in [0, 0.05) is 18.0 Å². The number of hydrogen-bond donors (Lipinski definition) is 2. The highest BCUT2D eigenvalue weighted by Gasteiger charge is 2.29. The minimum Gasteiger partial charge on any atom is -0.340 e. The zero-order valence-corrected chi connectivity index (χ0v) is 17.7. The molecule has 0 spiro atoms. The fourth-order valence-corrected chi connectivity index (χ4v) is 2.89. The van der Waals surface area contributed by atoms with Crippen molar-refractivity contribution < 1.29 is 9.59 Å². The molecule has 0 aliphatic carbocycles. The molecule has 0 unspecified atom stereocenters. The maximum absolute atomic E-state index is 13.1. The van der Waals surface area contributed by atoms with E-state index in [1.165, 1.54) is 0 Å². The normalized spacial score (nSPS) is 13.6. The van der Waals surface area contributed by atoms with E-state index in [-0.39, 0.29) is 23.1 Å². The summed E-state index contributed by atoms with van der Waals surface area (Å²) in [5.41, 5.74) is 2.33. The van der Waals surface area contributed by atoms with Crippen molar-refractivity contribution in [3.05, 3.63) is 53.3 Å². The van der Waals surface area contributed by atoms with E-state index in [0.29, 0.717) is 12.1 Å². The zero-order valence-electron chi connectivity index (χ0n) is 17.7. The van der Waals surface area contributed by atoms with Crippen molar-refractivity contribution in [2.24, 2.45) is 5.92 Å². The van der Waals surface area contributed by atoms with Crippen LogP contribution in [0.1, 0.15) is 62.8 Å². The van der Waals surface area contributed by atoms with E-state index >= 15 is 0 Å². The number of H-pyrrole nitrogens is 1. The van der Waals surface area contributed by atoms with E-state index in [4.69, 9.17) is 0 Å². The van der Waals surface area contributed by atoms with Gasteiger partial charge in [0.15, 0.2) is 0 Å². The van der Waals surface area contributed by atoms with Crippen molar-refractivity contribution in [1.82, 2.24) is 20.4 Å². The number of carbonyl (C=O) groups excluding carboxylic acids is 2. The van der Waals surface area contributed by atoms with Crippen molar-refractivity contribution in [1.29, 1.82) is 0 Å². The van der Waals surface area contributed by atoms with E-state index in [1.54, 1.807) is 24.1 Å². The number of hydrogen-bond acceptors (Lipinski definition) is 3. The van der Waals surface area contributed by atoms with Gasteiger partial charge in [0.05, 0.1) is 17.9 Å². The van der Waals surface area contributed by atoms with Crippen LogP contribution in [0, 0.1) is 5.92 Å². The predicted octanol–water partition coefficient (Wildman–Crippen LogP) is 3.51. The van der Waals surface area contributed by atoms with Gasteiger partial charge in [0.2, 0.25) is 5.91 Å². The molecular weight excluding hydrogens is 352 g/mol. The first-order valence-electron chi connectivity index (χ1n) is 9.79. The van der Waals surface area contributed by atoms with Gasteiger partial charge in [-0.05, 0) is 24.1 Å². The van der Waals surface area contributed by atoms with E-state index in [0.717, 1.165) is 17.8 Å². The largest absolute Gasteiger partial charge is 0.340 e. The summed E-state index contributed by atoms with van der Waals surface area (Å²) in [5.74, 6) is -0.315. The lowest BCUT2D eigenvalue weighted by molar-refractivity contribution is -0.133. The molecule has 28 heavy (non-hydrogen) atoms. The van der Waals surface area contributed by atoms with Crippen LogP contribution in [0.2, 0.25) is 0 Å². The van der Waals surface area contributed by atoms with Gasteiger partial charge in [-0.15, -0.1) is 0 Å². The molecule has 152 valence electrons. The maximum Gasteiger partial charge on any atom is 0.251 e. The van der Waals surface area contributed by atoms with Crippen LogP contribution in [-0.2, 0) is 16.8 Å². The van der Waals surface area contributed by atoms with Gasteiger partial charge in [-0.1, -0.05) is 59.2 Å². The van der Waals surface area contributed by atoms with E-state index < -0.39 is 6.04 Å². The number of benzene rings is 1. The number of nitrogens with zero attached hydrogens (tertiary/aromatic N) is 2. The lowest BCUT2D eigenvalue weighted by Gasteiger charge is -2.28.